The monoisotopic (exact) mass is 804 g/mol. The lowest BCUT2D eigenvalue weighted by Gasteiger charge is -2.14. The first-order valence-corrected chi connectivity index (χ1v) is 21.3. The molecule has 0 aliphatic rings. The maximum absolute atomic E-state index is 5.44. The van der Waals surface area contributed by atoms with Crippen LogP contribution in [0.2, 0.25) is 0 Å². The summed E-state index contributed by atoms with van der Waals surface area (Å²) < 4.78 is 6.88. The molecule has 13 rings (SSSR count). The van der Waals surface area contributed by atoms with Crippen LogP contribution in [0.4, 0.5) is 0 Å². The molecule has 294 valence electrons. The van der Waals surface area contributed by atoms with Crippen LogP contribution in [0.25, 0.3) is 117 Å². The number of pyridine rings is 3. The number of fused-ring (bicyclic) bond motifs is 9. The van der Waals surface area contributed by atoms with Crippen LogP contribution < -0.4 is 0 Å². The van der Waals surface area contributed by atoms with Gasteiger partial charge in [-0.3, -0.25) is 9.13 Å². The van der Waals surface area contributed by atoms with Crippen LogP contribution in [0.15, 0.2) is 218 Å². The summed E-state index contributed by atoms with van der Waals surface area (Å²) in [7, 11) is 0. The third-order valence-corrected chi connectivity index (χ3v) is 12.5. The second-order valence-electron chi connectivity index (χ2n) is 16.0. The quantitative estimate of drug-likeness (QED) is 0.168. The van der Waals surface area contributed by atoms with Gasteiger partial charge in [-0.15, -0.1) is 0 Å². The van der Waals surface area contributed by atoms with Crippen LogP contribution in [-0.4, -0.2) is 28.7 Å². The summed E-state index contributed by atoms with van der Waals surface area (Å²) >= 11 is 0. The zero-order chi connectivity index (χ0) is 41.4. The van der Waals surface area contributed by atoms with Crippen molar-refractivity contribution in [3.8, 4) is 51.2 Å². The Morgan fingerprint density at radius 3 is 1.11 bits per heavy atom. The molecule has 0 aliphatic carbocycles. The summed E-state index contributed by atoms with van der Waals surface area (Å²) in [5, 5.41) is 7.14. The van der Waals surface area contributed by atoms with E-state index in [4.69, 9.17) is 15.0 Å². The van der Waals surface area contributed by atoms with Crippen LogP contribution in [0.1, 0.15) is 0 Å². The molecule has 0 aliphatic heterocycles. The SMILES string of the molecule is c1ccc(-c2ccc3c(c2)c2ccccc2n3-c2cccc(-c3cc(-n4c5ccccc5c5ccccc54)cc(-c4cccc(-n5c6ccccc6c6ccccc65)n4)n3)n2)cc1. The molecule has 0 fully saturated rings. The van der Waals surface area contributed by atoms with E-state index in [1.54, 1.807) is 0 Å². The molecule has 6 nitrogen and oxygen atoms in total. The molecule has 0 bridgehead atoms. The minimum Gasteiger partial charge on any atom is -0.309 e. The van der Waals surface area contributed by atoms with E-state index < -0.39 is 0 Å². The third kappa shape index (κ3) is 5.55. The van der Waals surface area contributed by atoms with Crippen molar-refractivity contribution in [2.45, 2.75) is 0 Å². The minimum atomic E-state index is 0.752. The van der Waals surface area contributed by atoms with Crippen molar-refractivity contribution in [1.82, 2.24) is 28.7 Å². The molecule has 13 aromatic rings. The van der Waals surface area contributed by atoms with Crippen LogP contribution in [0.5, 0.6) is 0 Å². The minimum absolute atomic E-state index is 0.752. The highest BCUT2D eigenvalue weighted by molar-refractivity contribution is 6.11. The zero-order valence-corrected chi connectivity index (χ0v) is 34.0. The first-order valence-electron chi connectivity index (χ1n) is 21.3. The molecule has 0 saturated heterocycles. The molecule has 0 atom stereocenters. The fourth-order valence-corrected chi connectivity index (χ4v) is 9.69. The predicted octanol–water partition coefficient (Wildman–Crippen LogP) is 14.2. The first kappa shape index (κ1) is 35.2. The summed E-state index contributed by atoms with van der Waals surface area (Å²) in [4.78, 5) is 16.3. The van der Waals surface area contributed by atoms with Gasteiger partial charge in [0.05, 0.1) is 61.6 Å². The molecule has 6 heteroatoms. The number of aromatic nitrogens is 6. The van der Waals surface area contributed by atoms with Gasteiger partial charge in [0.15, 0.2) is 0 Å². The van der Waals surface area contributed by atoms with Crippen LogP contribution in [-0.2, 0) is 0 Å². The molecule has 0 amide bonds. The second-order valence-corrected chi connectivity index (χ2v) is 16.0. The van der Waals surface area contributed by atoms with Crippen molar-refractivity contribution in [2.75, 3.05) is 0 Å². The first-order chi connectivity index (χ1) is 31.2. The summed E-state index contributed by atoms with van der Waals surface area (Å²) in [6, 6.07) is 77.0. The molecule has 7 aromatic carbocycles. The van der Waals surface area contributed by atoms with Gasteiger partial charge < -0.3 is 4.57 Å². The Balaban J connectivity index is 1.02. The number of hydrogen-bond acceptors (Lipinski definition) is 3. The van der Waals surface area contributed by atoms with Crippen molar-refractivity contribution < 1.29 is 0 Å². The van der Waals surface area contributed by atoms with Crippen molar-refractivity contribution in [1.29, 1.82) is 0 Å². The second kappa shape index (κ2) is 14.0. The lowest BCUT2D eigenvalue weighted by atomic mass is 10.0. The van der Waals surface area contributed by atoms with Gasteiger partial charge in [-0.2, -0.15) is 0 Å². The van der Waals surface area contributed by atoms with Crippen LogP contribution in [0, 0.1) is 0 Å². The molecule has 0 N–H and O–H groups in total. The summed E-state index contributed by atoms with van der Waals surface area (Å²) in [5.41, 5.74) is 13.1. The van der Waals surface area contributed by atoms with E-state index in [2.05, 4.69) is 232 Å². The highest BCUT2D eigenvalue weighted by atomic mass is 15.1. The molecule has 0 unspecified atom stereocenters. The van der Waals surface area contributed by atoms with E-state index in [1.807, 2.05) is 0 Å². The molecule has 6 heterocycles. The zero-order valence-electron chi connectivity index (χ0n) is 34.0. The van der Waals surface area contributed by atoms with E-state index >= 15 is 0 Å². The van der Waals surface area contributed by atoms with Gasteiger partial charge in [0.25, 0.3) is 0 Å². The van der Waals surface area contributed by atoms with Crippen molar-refractivity contribution in [3.05, 3.63) is 218 Å². The number of hydrogen-bond donors (Lipinski definition) is 0. The van der Waals surface area contributed by atoms with Crippen molar-refractivity contribution in [3.63, 3.8) is 0 Å². The van der Waals surface area contributed by atoms with E-state index in [9.17, 15) is 0 Å². The molecule has 0 saturated carbocycles. The molecular weight excluding hydrogens is 769 g/mol. The highest BCUT2D eigenvalue weighted by Crippen LogP contribution is 2.38. The lowest BCUT2D eigenvalue weighted by Crippen LogP contribution is -2.03. The number of para-hydroxylation sites is 5. The Bertz CT molecular complexity index is 3820. The maximum Gasteiger partial charge on any atom is 0.138 e. The molecule has 0 radical (unpaired) electrons. The third-order valence-electron chi connectivity index (χ3n) is 12.5. The topological polar surface area (TPSA) is 53.5 Å². The normalized spacial score (nSPS) is 11.8. The Morgan fingerprint density at radius 2 is 0.635 bits per heavy atom. The Labute approximate surface area is 362 Å². The smallest absolute Gasteiger partial charge is 0.138 e. The van der Waals surface area contributed by atoms with Crippen LogP contribution >= 0.6 is 0 Å². The van der Waals surface area contributed by atoms with Gasteiger partial charge in [-0.05, 0) is 90.0 Å². The Hall–Kier alpha value is -8.61. The summed E-state index contributed by atoms with van der Waals surface area (Å²) in [6.45, 7) is 0. The van der Waals surface area contributed by atoms with Crippen LogP contribution in [0.3, 0.4) is 0 Å². The lowest BCUT2D eigenvalue weighted by molar-refractivity contribution is 1.06. The number of benzene rings is 7. The van der Waals surface area contributed by atoms with E-state index in [-0.39, 0.29) is 0 Å². The van der Waals surface area contributed by atoms with Gasteiger partial charge in [-0.1, -0.05) is 140 Å². The molecule has 6 aromatic heterocycles. The van der Waals surface area contributed by atoms with E-state index in [0.29, 0.717) is 0 Å². The number of nitrogens with zero attached hydrogens (tertiary/aromatic N) is 6. The van der Waals surface area contributed by atoms with Crippen molar-refractivity contribution >= 4 is 65.4 Å². The molecule has 63 heavy (non-hydrogen) atoms. The molecular formula is C57H36N6. The standard InChI is InChI=1S/C57H36N6/c1-2-16-37(17-3-1)38-32-33-55-45(34-38)44-22-8-13-29-54(44)63(55)57-31-15-24-47(60-57)49-36-39(61-50-25-9-4-18-40(50)41-19-5-10-26-51(41)61)35-48(58-49)46-23-14-30-56(59-46)62-52-27-11-6-20-42(52)43-21-7-12-28-53(43)62/h1-36H. The van der Waals surface area contributed by atoms with Gasteiger partial charge in [-0.25, -0.2) is 15.0 Å². The number of rotatable bonds is 6. The van der Waals surface area contributed by atoms with E-state index in [0.717, 1.165) is 73.2 Å². The fourth-order valence-electron chi connectivity index (χ4n) is 9.69. The maximum atomic E-state index is 5.44. The van der Waals surface area contributed by atoms with Gasteiger partial charge in [0.2, 0.25) is 0 Å². The fraction of sp³-hybridized carbons (Fsp3) is 0. The summed E-state index contributed by atoms with van der Waals surface area (Å²) in [5.74, 6) is 1.65. The van der Waals surface area contributed by atoms with E-state index in [1.165, 1.54) is 43.4 Å². The average Bonchev–Trinajstić information content (AvgIpc) is 4.00. The summed E-state index contributed by atoms with van der Waals surface area (Å²) in [6.07, 6.45) is 0. The van der Waals surface area contributed by atoms with Gasteiger partial charge in [0.1, 0.15) is 11.6 Å². The molecule has 0 spiro atoms. The largest absolute Gasteiger partial charge is 0.309 e. The van der Waals surface area contributed by atoms with Gasteiger partial charge >= 0.3 is 0 Å². The highest BCUT2D eigenvalue weighted by Gasteiger charge is 2.19. The Morgan fingerprint density at radius 1 is 0.238 bits per heavy atom. The van der Waals surface area contributed by atoms with Crippen molar-refractivity contribution in [2.24, 2.45) is 0 Å². The predicted molar refractivity (Wildman–Crippen MR) is 259 cm³/mol. The Kier molecular flexibility index (Phi) is 7.80. The van der Waals surface area contributed by atoms with Gasteiger partial charge in [0, 0.05) is 32.3 Å². The average molecular weight is 805 g/mol.